The lowest BCUT2D eigenvalue weighted by molar-refractivity contribution is -0.139. The molecule has 0 spiro atoms. The predicted molar refractivity (Wildman–Crippen MR) is 66.3 cm³/mol. The van der Waals surface area contributed by atoms with E-state index in [0.717, 1.165) is 39.0 Å². The molecule has 0 aromatic rings. The lowest BCUT2D eigenvalue weighted by atomic mass is 10.3. The Labute approximate surface area is 107 Å². The molecular weight excluding hydrogens is 234 g/mol. The normalized spacial score (nSPS) is 21.8. The second-order valence-electron chi connectivity index (χ2n) is 5.18. The number of amides is 1. The minimum atomic E-state index is -0.784. The predicted octanol–water partition coefficient (Wildman–Crippen LogP) is -0.691. The quantitative estimate of drug-likeness (QED) is 0.704. The molecule has 2 rings (SSSR count). The number of carbonyl (C=O) groups is 2. The Bertz CT molecular complexity index is 323. The minimum Gasteiger partial charge on any atom is -0.480 e. The molecule has 1 heterocycles. The molecule has 0 unspecified atom stereocenters. The van der Waals surface area contributed by atoms with Crippen molar-refractivity contribution in [2.75, 3.05) is 46.3 Å². The molecule has 1 saturated carbocycles. The third-order valence-corrected chi connectivity index (χ3v) is 3.67. The SMILES string of the molecule is CN(C(=O)CN1CCN(CC(=O)O)CC1)C1CC1. The smallest absolute Gasteiger partial charge is 0.317 e. The third-order valence-electron chi connectivity index (χ3n) is 3.67. The van der Waals surface area contributed by atoms with Gasteiger partial charge < -0.3 is 10.0 Å². The van der Waals surface area contributed by atoms with Crippen LogP contribution in [0.15, 0.2) is 0 Å². The highest BCUT2D eigenvalue weighted by Gasteiger charge is 2.30. The molecule has 6 heteroatoms. The van der Waals surface area contributed by atoms with Crippen LogP contribution in [-0.4, -0.2) is 84.0 Å². The fraction of sp³-hybridized carbons (Fsp3) is 0.833. The number of carboxylic acids is 1. The number of rotatable bonds is 5. The molecule has 2 aliphatic rings. The van der Waals surface area contributed by atoms with Gasteiger partial charge in [0.25, 0.3) is 0 Å². The van der Waals surface area contributed by atoms with Gasteiger partial charge in [-0.2, -0.15) is 0 Å². The van der Waals surface area contributed by atoms with Crippen LogP contribution < -0.4 is 0 Å². The molecule has 0 atom stereocenters. The van der Waals surface area contributed by atoms with Gasteiger partial charge in [0.05, 0.1) is 13.1 Å². The van der Waals surface area contributed by atoms with Crippen molar-refractivity contribution >= 4 is 11.9 Å². The number of likely N-dealkylation sites (N-methyl/N-ethyl adjacent to an activating group) is 1. The highest BCUT2D eigenvalue weighted by Crippen LogP contribution is 2.25. The van der Waals surface area contributed by atoms with Crippen LogP contribution in [-0.2, 0) is 9.59 Å². The first kappa shape index (κ1) is 13.3. The monoisotopic (exact) mass is 255 g/mol. The summed E-state index contributed by atoms with van der Waals surface area (Å²) in [5.41, 5.74) is 0. The van der Waals surface area contributed by atoms with Gasteiger partial charge in [-0.15, -0.1) is 0 Å². The van der Waals surface area contributed by atoms with Gasteiger partial charge in [0.15, 0.2) is 0 Å². The lowest BCUT2D eigenvalue weighted by Crippen LogP contribution is -2.50. The second-order valence-corrected chi connectivity index (χ2v) is 5.18. The fourth-order valence-corrected chi connectivity index (χ4v) is 2.27. The number of piperazine rings is 1. The highest BCUT2D eigenvalue weighted by atomic mass is 16.4. The molecule has 2 fully saturated rings. The zero-order chi connectivity index (χ0) is 13.1. The van der Waals surface area contributed by atoms with E-state index in [0.29, 0.717) is 12.6 Å². The van der Waals surface area contributed by atoms with Crippen LogP contribution in [0.4, 0.5) is 0 Å². The summed E-state index contributed by atoms with van der Waals surface area (Å²) in [6.45, 7) is 3.58. The summed E-state index contributed by atoms with van der Waals surface area (Å²) in [5.74, 6) is -0.600. The van der Waals surface area contributed by atoms with E-state index in [1.807, 2.05) is 16.8 Å². The summed E-state index contributed by atoms with van der Waals surface area (Å²) in [6, 6.07) is 0.464. The van der Waals surface area contributed by atoms with E-state index in [2.05, 4.69) is 4.90 Å². The van der Waals surface area contributed by atoms with Crippen molar-refractivity contribution in [2.24, 2.45) is 0 Å². The van der Waals surface area contributed by atoms with Crippen molar-refractivity contribution in [3.63, 3.8) is 0 Å². The summed E-state index contributed by atoms with van der Waals surface area (Å²) in [6.07, 6.45) is 2.27. The molecular formula is C12H21N3O3. The topological polar surface area (TPSA) is 64.1 Å². The Morgan fingerprint density at radius 2 is 1.61 bits per heavy atom. The van der Waals surface area contributed by atoms with Crippen LogP contribution in [0.1, 0.15) is 12.8 Å². The van der Waals surface area contributed by atoms with Crippen molar-refractivity contribution in [3.8, 4) is 0 Å². The average Bonchev–Trinajstić information content (AvgIpc) is 3.14. The van der Waals surface area contributed by atoms with E-state index in [4.69, 9.17) is 5.11 Å². The van der Waals surface area contributed by atoms with E-state index in [1.165, 1.54) is 0 Å². The zero-order valence-corrected chi connectivity index (χ0v) is 10.8. The Kier molecular flexibility index (Phi) is 4.19. The van der Waals surface area contributed by atoms with Crippen LogP contribution >= 0.6 is 0 Å². The van der Waals surface area contributed by atoms with Crippen LogP contribution in [0.25, 0.3) is 0 Å². The van der Waals surface area contributed by atoms with E-state index in [-0.39, 0.29) is 12.5 Å². The van der Waals surface area contributed by atoms with Crippen LogP contribution in [0.5, 0.6) is 0 Å². The molecule has 0 bridgehead atoms. The maximum Gasteiger partial charge on any atom is 0.317 e. The number of aliphatic carboxylic acids is 1. The summed E-state index contributed by atoms with van der Waals surface area (Å²) in [4.78, 5) is 28.4. The molecule has 6 nitrogen and oxygen atoms in total. The van der Waals surface area contributed by atoms with E-state index < -0.39 is 5.97 Å². The number of hydrogen-bond acceptors (Lipinski definition) is 4. The molecule has 0 aromatic carbocycles. The summed E-state index contributed by atoms with van der Waals surface area (Å²) in [5, 5.41) is 8.70. The molecule has 18 heavy (non-hydrogen) atoms. The van der Waals surface area contributed by atoms with E-state index in [9.17, 15) is 9.59 Å². The molecule has 1 amide bonds. The average molecular weight is 255 g/mol. The summed E-state index contributed by atoms with van der Waals surface area (Å²) >= 11 is 0. The Morgan fingerprint density at radius 3 is 2.06 bits per heavy atom. The van der Waals surface area contributed by atoms with Gasteiger partial charge in [-0.05, 0) is 12.8 Å². The van der Waals surface area contributed by atoms with Crippen LogP contribution in [0, 0.1) is 0 Å². The van der Waals surface area contributed by atoms with Gasteiger partial charge >= 0.3 is 5.97 Å². The Hall–Kier alpha value is -1.14. The highest BCUT2D eigenvalue weighted by molar-refractivity contribution is 5.78. The number of hydrogen-bond donors (Lipinski definition) is 1. The number of nitrogens with zero attached hydrogens (tertiary/aromatic N) is 3. The standard InChI is InChI=1S/C12H21N3O3/c1-13(10-2-3-10)11(16)8-14-4-6-15(7-5-14)9-12(17)18/h10H,2-9H2,1H3,(H,17,18). The number of carbonyl (C=O) groups excluding carboxylic acids is 1. The molecule has 0 radical (unpaired) electrons. The van der Waals surface area contributed by atoms with Gasteiger partial charge in [-0.25, -0.2) is 0 Å². The number of carboxylic acid groups (broad SMARTS) is 1. The van der Waals surface area contributed by atoms with Crippen molar-refractivity contribution in [1.82, 2.24) is 14.7 Å². The fourth-order valence-electron chi connectivity index (χ4n) is 2.27. The zero-order valence-electron chi connectivity index (χ0n) is 10.8. The third kappa shape index (κ3) is 3.68. The molecule has 102 valence electrons. The van der Waals surface area contributed by atoms with Crippen molar-refractivity contribution in [2.45, 2.75) is 18.9 Å². The summed E-state index contributed by atoms with van der Waals surface area (Å²) < 4.78 is 0. The van der Waals surface area contributed by atoms with Gasteiger partial charge in [0.2, 0.25) is 5.91 Å². The summed E-state index contributed by atoms with van der Waals surface area (Å²) in [7, 11) is 1.88. The first-order valence-corrected chi connectivity index (χ1v) is 6.48. The van der Waals surface area contributed by atoms with Gasteiger partial charge in [-0.3, -0.25) is 19.4 Å². The van der Waals surface area contributed by atoms with Crippen LogP contribution in [0.3, 0.4) is 0 Å². The maximum absolute atomic E-state index is 11.9. The molecule has 1 aliphatic heterocycles. The first-order valence-electron chi connectivity index (χ1n) is 6.48. The van der Waals surface area contributed by atoms with Crippen molar-refractivity contribution in [1.29, 1.82) is 0 Å². The van der Waals surface area contributed by atoms with E-state index in [1.54, 1.807) is 0 Å². The van der Waals surface area contributed by atoms with Crippen molar-refractivity contribution < 1.29 is 14.7 Å². The Morgan fingerprint density at radius 1 is 1.11 bits per heavy atom. The minimum absolute atomic E-state index is 0.101. The second kappa shape index (κ2) is 5.67. The Balaban J connectivity index is 1.69. The molecule has 0 aromatic heterocycles. The molecule has 1 saturated heterocycles. The first-order chi connectivity index (χ1) is 8.56. The van der Waals surface area contributed by atoms with Crippen molar-refractivity contribution in [3.05, 3.63) is 0 Å². The van der Waals surface area contributed by atoms with Gasteiger partial charge in [0.1, 0.15) is 0 Å². The lowest BCUT2D eigenvalue weighted by Gasteiger charge is -2.34. The van der Waals surface area contributed by atoms with Crippen LogP contribution in [0.2, 0.25) is 0 Å². The van der Waals surface area contributed by atoms with Gasteiger partial charge in [-0.1, -0.05) is 0 Å². The molecule has 1 N–H and O–H groups in total. The van der Waals surface area contributed by atoms with E-state index >= 15 is 0 Å². The van der Waals surface area contributed by atoms with Gasteiger partial charge in [0, 0.05) is 39.3 Å². The maximum atomic E-state index is 11.9. The molecule has 1 aliphatic carbocycles. The largest absolute Gasteiger partial charge is 0.480 e.